The summed E-state index contributed by atoms with van der Waals surface area (Å²) in [5.41, 5.74) is -0.0691. The Morgan fingerprint density at radius 1 is 1.58 bits per heavy atom. The molecular formula is C14H24N4O. The highest BCUT2D eigenvalue weighted by Crippen LogP contribution is 2.18. The minimum atomic E-state index is -0.0691. The van der Waals surface area contributed by atoms with Gasteiger partial charge >= 0.3 is 0 Å². The number of rotatable bonds is 4. The molecule has 1 aliphatic rings. The standard InChI is InChI=1S/C14H24N4O/c1-10(2)14-15-12(8-13(19)16-14)18(4)9-11-6-5-7-17(11)3/h8,10-11H,5-7,9H2,1-4H3,(H,15,16,19). The van der Waals surface area contributed by atoms with Crippen LogP contribution in [-0.2, 0) is 0 Å². The van der Waals surface area contributed by atoms with Crippen LogP contribution in [0.1, 0.15) is 38.4 Å². The maximum atomic E-state index is 11.7. The van der Waals surface area contributed by atoms with Crippen molar-refractivity contribution in [2.75, 3.05) is 32.1 Å². The van der Waals surface area contributed by atoms with Crippen molar-refractivity contribution in [1.82, 2.24) is 14.9 Å². The summed E-state index contributed by atoms with van der Waals surface area (Å²) in [6, 6.07) is 2.15. The molecule has 1 aromatic rings. The Bertz CT molecular complexity index is 483. The van der Waals surface area contributed by atoms with Crippen molar-refractivity contribution in [3.8, 4) is 0 Å². The van der Waals surface area contributed by atoms with E-state index in [4.69, 9.17) is 0 Å². The van der Waals surface area contributed by atoms with E-state index in [1.165, 1.54) is 19.4 Å². The summed E-state index contributed by atoms with van der Waals surface area (Å²) in [6.07, 6.45) is 2.48. The number of nitrogens with one attached hydrogen (secondary N) is 1. The molecule has 0 aromatic carbocycles. The third-order valence-electron chi connectivity index (χ3n) is 3.84. The van der Waals surface area contributed by atoms with Gasteiger partial charge in [0.25, 0.3) is 5.56 Å². The monoisotopic (exact) mass is 264 g/mol. The van der Waals surface area contributed by atoms with Gasteiger partial charge in [-0.15, -0.1) is 0 Å². The van der Waals surface area contributed by atoms with E-state index in [0.29, 0.717) is 6.04 Å². The molecule has 5 nitrogen and oxygen atoms in total. The first-order valence-electron chi connectivity index (χ1n) is 7.00. The molecule has 2 rings (SSSR count). The first-order chi connectivity index (χ1) is 8.97. The number of H-pyrrole nitrogens is 1. The van der Waals surface area contributed by atoms with Gasteiger partial charge in [-0.1, -0.05) is 13.8 Å². The molecule has 1 N–H and O–H groups in total. The van der Waals surface area contributed by atoms with Crippen molar-refractivity contribution >= 4 is 5.82 Å². The van der Waals surface area contributed by atoms with Gasteiger partial charge in [0, 0.05) is 31.6 Å². The molecule has 5 heteroatoms. The molecule has 1 saturated heterocycles. The molecule has 1 fully saturated rings. The van der Waals surface area contributed by atoms with E-state index in [2.05, 4.69) is 26.8 Å². The van der Waals surface area contributed by atoms with Crippen LogP contribution in [0.15, 0.2) is 10.9 Å². The van der Waals surface area contributed by atoms with E-state index < -0.39 is 0 Å². The van der Waals surface area contributed by atoms with Gasteiger partial charge in [0.1, 0.15) is 11.6 Å². The van der Waals surface area contributed by atoms with Crippen molar-refractivity contribution in [3.05, 3.63) is 22.2 Å². The van der Waals surface area contributed by atoms with Crippen LogP contribution in [0, 0.1) is 0 Å². The number of aromatic amines is 1. The van der Waals surface area contributed by atoms with Gasteiger partial charge in [-0.05, 0) is 26.4 Å². The number of likely N-dealkylation sites (tertiary alicyclic amines) is 1. The van der Waals surface area contributed by atoms with Crippen molar-refractivity contribution in [2.24, 2.45) is 0 Å². The lowest BCUT2D eigenvalue weighted by molar-refractivity contribution is 0.314. The molecule has 0 amide bonds. The quantitative estimate of drug-likeness (QED) is 0.893. The summed E-state index contributed by atoms with van der Waals surface area (Å²) >= 11 is 0. The Morgan fingerprint density at radius 2 is 2.32 bits per heavy atom. The Kier molecular flexibility index (Phi) is 4.24. The first-order valence-corrected chi connectivity index (χ1v) is 7.00. The summed E-state index contributed by atoms with van der Waals surface area (Å²) in [5, 5.41) is 0. The number of nitrogens with zero attached hydrogens (tertiary/aromatic N) is 3. The van der Waals surface area contributed by atoms with Crippen molar-refractivity contribution in [2.45, 2.75) is 38.6 Å². The zero-order valence-electron chi connectivity index (χ0n) is 12.3. The second-order valence-corrected chi connectivity index (χ2v) is 5.80. The number of aromatic nitrogens is 2. The fraction of sp³-hybridized carbons (Fsp3) is 0.714. The largest absolute Gasteiger partial charge is 0.358 e. The maximum Gasteiger partial charge on any atom is 0.252 e. The van der Waals surface area contributed by atoms with Crippen molar-refractivity contribution in [3.63, 3.8) is 0 Å². The molecule has 106 valence electrons. The normalized spacial score (nSPS) is 20.2. The molecule has 0 radical (unpaired) electrons. The SMILES string of the molecule is CC(C)c1nc(N(C)CC2CCCN2C)cc(=O)[nH]1. The molecule has 1 aliphatic heterocycles. The number of hydrogen-bond acceptors (Lipinski definition) is 4. The van der Waals surface area contributed by atoms with E-state index in [-0.39, 0.29) is 11.5 Å². The van der Waals surface area contributed by atoms with Crippen LogP contribution in [0.4, 0.5) is 5.82 Å². The first kappa shape index (κ1) is 14.1. The molecule has 1 unspecified atom stereocenters. The van der Waals surface area contributed by atoms with Crippen LogP contribution in [0.5, 0.6) is 0 Å². The van der Waals surface area contributed by atoms with Crippen LogP contribution >= 0.6 is 0 Å². The van der Waals surface area contributed by atoms with E-state index in [9.17, 15) is 4.79 Å². The molecule has 0 spiro atoms. The second-order valence-electron chi connectivity index (χ2n) is 5.80. The van der Waals surface area contributed by atoms with Crippen LogP contribution in [0.25, 0.3) is 0 Å². The van der Waals surface area contributed by atoms with E-state index >= 15 is 0 Å². The van der Waals surface area contributed by atoms with Gasteiger partial charge in [-0.2, -0.15) is 0 Å². The van der Waals surface area contributed by atoms with Gasteiger partial charge in [0.05, 0.1) is 0 Å². The van der Waals surface area contributed by atoms with Crippen LogP contribution < -0.4 is 10.5 Å². The fourth-order valence-electron chi connectivity index (χ4n) is 2.55. The Morgan fingerprint density at radius 3 is 2.89 bits per heavy atom. The summed E-state index contributed by atoms with van der Waals surface area (Å²) < 4.78 is 0. The zero-order valence-corrected chi connectivity index (χ0v) is 12.3. The van der Waals surface area contributed by atoms with Gasteiger partial charge in [0.15, 0.2) is 0 Å². The Labute approximate surface area is 114 Å². The highest BCUT2D eigenvalue weighted by atomic mass is 16.1. The topological polar surface area (TPSA) is 52.2 Å². The third-order valence-corrected chi connectivity index (χ3v) is 3.84. The lowest BCUT2D eigenvalue weighted by Gasteiger charge is -2.26. The molecule has 1 aromatic heterocycles. The summed E-state index contributed by atoms with van der Waals surface area (Å²) in [7, 11) is 4.17. The second kappa shape index (κ2) is 5.74. The summed E-state index contributed by atoms with van der Waals surface area (Å²) in [5.74, 6) is 1.76. The number of anilines is 1. The average molecular weight is 264 g/mol. The predicted octanol–water partition coefficient (Wildman–Crippen LogP) is 1.42. The molecule has 2 heterocycles. The van der Waals surface area contributed by atoms with E-state index in [1.54, 1.807) is 6.07 Å². The number of hydrogen-bond donors (Lipinski definition) is 1. The summed E-state index contributed by atoms with van der Waals surface area (Å²) in [6.45, 7) is 6.16. The minimum absolute atomic E-state index is 0.0691. The molecule has 19 heavy (non-hydrogen) atoms. The molecule has 1 atom stereocenters. The van der Waals surface area contributed by atoms with Crippen LogP contribution in [0.3, 0.4) is 0 Å². The fourth-order valence-corrected chi connectivity index (χ4v) is 2.55. The molecular weight excluding hydrogens is 240 g/mol. The van der Waals surface area contributed by atoms with E-state index in [0.717, 1.165) is 18.2 Å². The van der Waals surface area contributed by atoms with Crippen molar-refractivity contribution in [1.29, 1.82) is 0 Å². The minimum Gasteiger partial charge on any atom is -0.358 e. The van der Waals surface area contributed by atoms with Gasteiger partial charge in [-0.25, -0.2) is 4.98 Å². The van der Waals surface area contributed by atoms with Gasteiger partial charge in [0.2, 0.25) is 0 Å². The lowest BCUT2D eigenvalue weighted by atomic mass is 10.2. The number of likely N-dealkylation sites (N-methyl/N-ethyl adjacent to an activating group) is 2. The smallest absolute Gasteiger partial charge is 0.252 e. The zero-order chi connectivity index (χ0) is 14.0. The van der Waals surface area contributed by atoms with Crippen LogP contribution in [0.2, 0.25) is 0 Å². The Balaban J connectivity index is 2.14. The maximum absolute atomic E-state index is 11.7. The van der Waals surface area contributed by atoms with Crippen LogP contribution in [-0.4, -0.2) is 48.1 Å². The lowest BCUT2D eigenvalue weighted by Crippen LogP contribution is -2.37. The Hall–Kier alpha value is -1.36. The van der Waals surface area contributed by atoms with Gasteiger partial charge < -0.3 is 14.8 Å². The molecule has 0 aliphatic carbocycles. The molecule has 0 bridgehead atoms. The third kappa shape index (κ3) is 3.35. The van der Waals surface area contributed by atoms with Crippen molar-refractivity contribution < 1.29 is 0 Å². The predicted molar refractivity (Wildman–Crippen MR) is 77.9 cm³/mol. The highest BCUT2D eigenvalue weighted by molar-refractivity contribution is 5.36. The average Bonchev–Trinajstić information content (AvgIpc) is 2.74. The molecule has 0 saturated carbocycles. The summed E-state index contributed by atoms with van der Waals surface area (Å²) in [4.78, 5) is 23.5. The van der Waals surface area contributed by atoms with Gasteiger partial charge in [-0.3, -0.25) is 4.79 Å². The van der Waals surface area contributed by atoms with E-state index in [1.807, 2.05) is 20.9 Å². The highest BCUT2D eigenvalue weighted by Gasteiger charge is 2.22.